The van der Waals surface area contributed by atoms with Crippen LogP contribution in [0.25, 0.3) is 10.9 Å². The van der Waals surface area contributed by atoms with Gasteiger partial charge in [-0.05, 0) is 29.3 Å². The van der Waals surface area contributed by atoms with Crippen molar-refractivity contribution in [2.45, 2.75) is 13.1 Å². The summed E-state index contributed by atoms with van der Waals surface area (Å²) in [4.78, 5) is 16.7. The minimum absolute atomic E-state index is 0.260. The molecule has 0 radical (unpaired) electrons. The van der Waals surface area contributed by atoms with Crippen molar-refractivity contribution in [1.82, 2.24) is 25.3 Å². The van der Waals surface area contributed by atoms with Crippen molar-refractivity contribution >= 4 is 28.4 Å². The number of pyridine rings is 1. The Morgan fingerprint density at radius 3 is 2.81 bits per heavy atom. The Bertz CT molecular complexity index is 1110. The molecule has 0 spiro atoms. The van der Waals surface area contributed by atoms with Gasteiger partial charge in [-0.1, -0.05) is 53.2 Å². The number of fused-ring (bicyclic) bond motifs is 1. The third-order valence-electron chi connectivity index (χ3n) is 4.16. The fourth-order valence-electron chi connectivity index (χ4n) is 2.77. The first-order valence-corrected chi connectivity index (χ1v) is 8.82. The molecule has 0 saturated heterocycles. The van der Waals surface area contributed by atoms with Gasteiger partial charge in [-0.25, -0.2) is 4.68 Å². The molecule has 0 aliphatic rings. The van der Waals surface area contributed by atoms with Crippen LogP contribution in [0.2, 0.25) is 5.02 Å². The van der Waals surface area contributed by atoms with E-state index in [2.05, 4.69) is 20.6 Å². The van der Waals surface area contributed by atoms with Crippen LogP contribution in [-0.4, -0.2) is 25.9 Å². The molecular formula is C20H16ClN5O. The maximum atomic E-state index is 12.3. The second-order valence-electron chi connectivity index (χ2n) is 6.11. The Hall–Kier alpha value is -3.25. The molecule has 2 aromatic carbocycles. The number of nitrogens with one attached hydrogen (secondary N) is 1. The molecule has 7 heteroatoms. The molecule has 2 heterocycles. The van der Waals surface area contributed by atoms with Crippen LogP contribution in [0.1, 0.15) is 21.6 Å². The minimum Gasteiger partial charge on any atom is -0.346 e. The van der Waals surface area contributed by atoms with Crippen LogP contribution in [0.15, 0.2) is 67.0 Å². The molecule has 0 atom stereocenters. The summed E-state index contributed by atoms with van der Waals surface area (Å²) < 4.78 is 1.59. The zero-order chi connectivity index (χ0) is 18.6. The molecule has 2 aromatic heterocycles. The molecule has 1 N–H and O–H groups in total. The van der Waals surface area contributed by atoms with Gasteiger partial charge in [-0.2, -0.15) is 0 Å². The summed E-state index contributed by atoms with van der Waals surface area (Å²) in [6.07, 6.45) is 3.37. The van der Waals surface area contributed by atoms with Crippen LogP contribution in [0.3, 0.4) is 0 Å². The van der Waals surface area contributed by atoms with Crippen molar-refractivity contribution in [1.29, 1.82) is 0 Å². The predicted molar refractivity (Wildman–Crippen MR) is 103 cm³/mol. The number of carbonyl (C=O) groups excluding carboxylic acids is 1. The fourth-order valence-corrected chi connectivity index (χ4v) is 2.96. The second-order valence-corrected chi connectivity index (χ2v) is 6.52. The van der Waals surface area contributed by atoms with Gasteiger partial charge < -0.3 is 5.32 Å². The van der Waals surface area contributed by atoms with Gasteiger partial charge in [-0.15, -0.1) is 5.10 Å². The van der Waals surface area contributed by atoms with E-state index in [0.717, 1.165) is 22.0 Å². The number of nitrogens with zero attached hydrogens (tertiary/aromatic N) is 4. The first kappa shape index (κ1) is 17.2. The summed E-state index contributed by atoms with van der Waals surface area (Å²) in [6, 6.07) is 17.4. The molecule has 1 amide bonds. The Kier molecular flexibility index (Phi) is 4.80. The highest BCUT2D eigenvalue weighted by atomic mass is 35.5. The van der Waals surface area contributed by atoms with Gasteiger partial charge in [0.1, 0.15) is 0 Å². The number of benzene rings is 2. The van der Waals surface area contributed by atoms with E-state index in [0.29, 0.717) is 18.1 Å². The average Bonchev–Trinajstić information content (AvgIpc) is 3.16. The zero-order valence-electron chi connectivity index (χ0n) is 14.3. The van der Waals surface area contributed by atoms with Crippen LogP contribution >= 0.6 is 11.6 Å². The molecule has 0 fully saturated rings. The lowest BCUT2D eigenvalue weighted by molar-refractivity contribution is 0.0946. The van der Waals surface area contributed by atoms with Gasteiger partial charge in [0.05, 0.1) is 18.3 Å². The van der Waals surface area contributed by atoms with Crippen LogP contribution in [0.5, 0.6) is 0 Å². The fraction of sp³-hybridized carbons (Fsp3) is 0.100. The lowest BCUT2D eigenvalue weighted by Crippen LogP contribution is -2.23. The van der Waals surface area contributed by atoms with Gasteiger partial charge >= 0.3 is 0 Å². The van der Waals surface area contributed by atoms with E-state index in [9.17, 15) is 4.79 Å². The molecule has 0 aliphatic heterocycles. The van der Waals surface area contributed by atoms with E-state index >= 15 is 0 Å². The maximum Gasteiger partial charge on any atom is 0.273 e. The SMILES string of the molecule is O=C(NCc1cnc2ccccc2c1)c1cn(Cc2ccccc2Cl)nn1. The zero-order valence-corrected chi connectivity index (χ0v) is 15.1. The molecule has 6 nitrogen and oxygen atoms in total. The standard InChI is InChI=1S/C20H16ClN5O/c21-17-7-3-1-6-16(17)12-26-13-19(24-25-26)20(27)23-11-14-9-15-5-2-4-8-18(15)22-10-14/h1-10,13H,11-12H2,(H,23,27). The van der Waals surface area contributed by atoms with Crippen molar-refractivity contribution in [3.63, 3.8) is 0 Å². The van der Waals surface area contributed by atoms with Gasteiger partial charge in [0.25, 0.3) is 5.91 Å². The molecule has 27 heavy (non-hydrogen) atoms. The first-order chi connectivity index (χ1) is 13.2. The molecule has 4 aromatic rings. The Balaban J connectivity index is 1.41. The third kappa shape index (κ3) is 3.96. The molecule has 0 saturated carbocycles. The number of aromatic nitrogens is 4. The Labute approximate surface area is 160 Å². The smallest absolute Gasteiger partial charge is 0.273 e. The van der Waals surface area contributed by atoms with E-state index in [-0.39, 0.29) is 11.6 Å². The van der Waals surface area contributed by atoms with Gasteiger partial charge in [0, 0.05) is 23.2 Å². The molecule has 0 aliphatic carbocycles. The van der Waals surface area contributed by atoms with Crippen LogP contribution in [0.4, 0.5) is 0 Å². The van der Waals surface area contributed by atoms with Crippen molar-refractivity contribution in [3.8, 4) is 0 Å². The minimum atomic E-state index is -0.284. The van der Waals surface area contributed by atoms with Crippen LogP contribution in [-0.2, 0) is 13.1 Å². The van der Waals surface area contributed by atoms with Crippen molar-refractivity contribution in [2.75, 3.05) is 0 Å². The number of halogens is 1. The summed E-state index contributed by atoms with van der Waals surface area (Å²) in [5.41, 5.74) is 3.02. The first-order valence-electron chi connectivity index (χ1n) is 8.44. The Morgan fingerprint density at radius 1 is 1.11 bits per heavy atom. The highest BCUT2D eigenvalue weighted by molar-refractivity contribution is 6.31. The molecular weight excluding hydrogens is 362 g/mol. The molecule has 4 rings (SSSR count). The van der Waals surface area contributed by atoms with Crippen LogP contribution in [0, 0.1) is 0 Å². The topological polar surface area (TPSA) is 72.7 Å². The van der Waals surface area contributed by atoms with E-state index in [1.54, 1.807) is 17.1 Å². The number of carbonyl (C=O) groups is 1. The summed E-state index contributed by atoms with van der Waals surface area (Å²) >= 11 is 6.16. The third-order valence-corrected chi connectivity index (χ3v) is 4.53. The van der Waals surface area contributed by atoms with Gasteiger partial charge in [-0.3, -0.25) is 9.78 Å². The molecule has 0 bridgehead atoms. The summed E-state index contributed by atoms with van der Waals surface area (Å²) in [6.45, 7) is 0.822. The number of hydrogen-bond donors (Lipinski definition) is 1. The van der Waals surface area contributed by atoms with Crippen molar-refractivity contribution < 1.29 is 4.79 Å². The normalized spacial score (nSPS) is 10.9. The van der Waals surface area contributed by atoms with E-state index in [4.69, 9.17) is 11.6 Å². The van der Waals surface area contributed by atoms with Gasteiger partial charge in [0.15, 0.2) is 5.69 Å². The number of rotatable bonds is 5. The average molecular weight is 378 g/mol. The predicted octanol–water partition coefficient (Wildman–Crippen LogP) is 3.46. The second kappa shape index (κ2) is 7.55. The Morgan fingerprint density at radius 2 is 1.93 bits per heavy atom. The van der Waals surface area contributed by atoms with E-state index < -0.39 is 0 Å². The molecule has 134 valence electrons. The van der Waals surface area contributed by atoms with E-state index in [1.165, 1.54) is 0 Å². The van der Waals surface area contributed by atoms with Crippen molar-refractivity contribution in [3.05, 3.63) is 88.8 Å². The quantitative estimate of drug-likeness (QED) is 0.578. The summed E-state index contributed by atoms with van der Waals surface area (Å²) in [5.74, 6) is -0.284. The highest BCUT2D eigenvalue weighted by Crippen LogP contribution is 2.16. The van der Waals surface area contributed by atoms with E-state index in [1.807, 2.05) is 54.6 Å². The summed E-state index contributed by atoms with van der Waals surface area (Å²) in [7, 11) is 0. The highest BCUT2D eigenvalue weighted by Gasteiger charge is 2.11. The largest absolute Gasteiger partial charge is 0.346 e. The number of amides is 1. The maximum absolute atomic E-state index is 12.3. The summed E-state index contributed by atoms with van der Waals surface area (Å²) in [5, 5.41) is 12.5. The molecule has 0 unspecified atom stereocenters. The lowest BCUT2D eigenvalue weighted by atomic mass is 10.1. The lowest BCUT2D eigenvalue weighted by Gasteiger charge is -2.04. The monoisotopic (exact) mass is 377 g/mol. The van der Waals surface area contributed by atoms with Crippen LogP contribution < -0.4 is 5.32 Å². The number of hydrogen-bond acceptors (Lipinski definition) is 4. The van der Waals surface area contributed by atoms with Gasteiger partial charge in [0.2, 0.25) is 0 Å². The van der Waals surface area contributed by atoms with Crippen molar-refractivity contribution in [2.24, 2.45) is 0 Å². The number of para-hydroxylation sites is 1.